The van der Waals surface area contributed by atoms with Crippen molar-refractivity contribution in [2.24, 2.45) is 10.7 Å². The Kier molecular flexibility index (Phi) is 5.67. The summed E-state index contributed by atoms with van der Waals surface area (Å²) in [4.78, 5) is 12.3. The number of amidine groups is 1. The third-order valence-electron chi connectivity index (χ3n) is 5.97. The number of nitrogens with one attached hydrogen (secondary N) is 1. The maximum Gasteiger partial charge on any atom is 0.157 e. The lowest BCUT2D eigenvalue weighted by Crippen LogP contribution is -2.53. The third-order valence-corrected chi connectivity index (χ3v) is 8.69. The Morgan fingerprint density at radius 1 is 1.18 bits per heavy atom. The molecular formula is C22H21F3N6O2S. The Labute approximate surface area is 194 Å². The van der Waals surface area contributed by atoms with Gasteiger partial charge in [0.1, 0.15) is 40.2 Å². The number of benzene rings is 1. The maximum atomic E-state index is 14.9. The van der Waals surface area contributed by atoms with Gasteiger partial charge < -0.3 is 11.1 Å². The summed E-state index contributed by atoms with van der Waals surface area (Å²) in [5, 5.41) is 12.0. The molecule has 0 saturated heterocycles. The fourth-order valence-electron chi connectivity index (χ4n) is 3.69. The van der Waals surface area contributed by atoms with Crippen molar-refractivity contribution in [2.75, 3.05) is 17.7 Å². The molecule has 178 valence electrons. The quantitative estimate of drug-likeness (QED) is 0.419. The van der Waals surface area contributed by atoms with Crippen LogP contribution in [0.4, 0.5) is 24.7 Å². The molecule has 0 fully saturated rings. The number of rotatable bonds is 4. The lowest BCUT2D eigenvalue weighted by atomic mass is 9.92. The first-order valence-electron chi connectivity index (χ1n) is 10.0. The smallest absolute Gasteiger partial charge is 0.157 e. The van der Waals surface area contributed by atoms with E-state index in [1.807, 2.05) is 6.07 Å². The molecular weight excluding hydrogens is 469 g/mol. The number of anilines is 2. The SMILES string of the molecule is CC1(C)C(N)=N[C@](CF)(c2cc(Nc3ncc(F)c4cc(C#N)cnc34)ccc2F)CS1(O)O. The average Bonchev–Trinajstić information content (AvgIpc) is 2.80. The second kappa shape index (κ2) is 8.12. The van der Waals surface area contributed by atoms with Crippen LogP contribution < -0.4 is 11.1 Å². The van der Waals surface area contributed by atoms with Crippen molar-refractivity contribution in [2.45, 2.75) is 24.1 Å². The van der Waals surface area contributed by atoms with Crippen LogP contribution in [0.1, 0.15) is 25.0 Å². The van der Waals surface area contributed by atoms with Gasteiger partial charge in [-0.1, -0.05) is 0 Å². The molecule has 0 spiro atoms. The summed E-state index contributed by atoms with van der Waals surface area (Å²) < 4.78 is 63.6. The lowest BCUT2D eigenvalue weighted by Gasteiger charge is -2.53. The number of aliphatic imine (C=N–C) groups is 1. The van der Waals surface area contributed by atoms with E-state index in [-0.39, 0.29) is 39.4 Å². The molecule has 5 N–H and O–H groups in total. The molecule has 34 heavy (non-hydrogen) atoms. The van der Waals surface area contributed by atoms with Crippen molar-refractivity contribution in [3.05, 3.63) is 59.4 Å². The van der Waals surface area contributed by atoms with Crippen molar-refractivity contribution in [1.29, 1.82) is 5.26 Å². The Bertz CT molecular complexity index is 1370. The highest BCUT2D eigenvalue weighted by atomic mass is 32.3. The Hall–Kier alpha value is -3.40. The number of hydrogen-bond acceptors (Lipinski definition) is 8. The van der Waals surface area contributed by atoms with Crippen molar-refractivity contribution in [1.82, 2.24) is 9.97 Å². The fraction of sp³-hybridized carbons (Fsp3) is 0.273. The first kappa shape index (κ1) is 23.7. The molecule has 0 unspecified atom stereocenters. The van der Waals surface area contributed by atoms with E-state index in [1.165, 1.54) is 38.2 Å². The minimum Gasteiger partial charge on any atom is -0.386 e. The average molecular weight is 491 g/mol. The fourth-order valence-corrected chi connectivity index (χ4v) is 5.40. The first-order valence-corrected chi connectivity index (χ1v) is 11.7. The number of pyridine rings is 2. The zero-order valence-corrected chi connectivity index (χ0v) is 19.0. The molecule has 12 heteroatoms. The molecule has 1 aliphatic heterocycles. The summed E-state index contributed by atoms with van der Waals surface area (Å²) in [6.07, 6.45) is 2.21. The Morgan fingerprint density at radius 3 is 2.56 bits per heavy atom. The Balaban J connectivity index is 1.81. The predicted molar refractivity (Wildman–Crippen MR) is 125 cm³/mol. The minimum atomic E-state index is -3.48. The van der Waals surface area contributed by atoms with Crippen LogP contribution in [0.5, 0.6) is 0 Å². The van der Waals surface area contributed by atoms with Gasteiger partial charge in [0.15, 0.2) is 11.6 Å². The number of alkyl halides is 1. The topological polar surface area (TPSA) is 140 Å². The van der Waals surface area contributed by atoms with Crippen LogP contribution in [0, 0.1) is 23.0 Å². The van der Waals surface area contributed by atoms with Crippen LogP contribution in [0.2, 0.25) is 0 Å². The van der Waals surface area contributed by atoms with E-state index >= 15 is 0 Å². The molecule has 1 atom stereocenters. The molecule has 1 aliphatic rings. The molecule has 0 bridgehead atoms. The van der Waals surface area contributed by atoms with Crippen LogP contribution >= 0.6 is 10.6 Å². The number of fused-ring (bicyclic) bond motifs is 1. The summed E-state index contributed by atoms with van der Waals surface area (Å²) in [6, 6.07) is 6.89. The van der Waals surface area contributed by atoms with Crippen LogP contribution in [-0.2, 0) is 5.54 Å². The summed E-state index contributed by atoms with van der Waals surface area (Å²) in [7, 11) is -3.48. The van der Waals surface area contributed by atoms with Gasteiger partial charge in [-0.05, 0) is 38.1 Å². The van der Waals surface area contributed by atoms with Crippen molar-refractivity contribution < 1.29 is 22.3 Å². The number of nitriles is 1. The minimum absolute atomic E-state index is 0.0555. The summed E-state index contributed by atoms with van der Waals surface area (Å²) in [6.45, 7) is 1.73. The summed E-state index contributed by atoms with van der Waals surface area (Å²) in [5.41, 5.74) is 4.31. The molecule has 4 rings (SSSR count). The van der Waals surface area contributed by atoms with Gasteiger partial charge in [-0.2, -0.15) is 15.9 Å². The number of halogens is 3. The van der Waals surface area contributed by atoms with Crippen LogP contribution in [0.15, 0.2) is 41.7 Å². The molecule has 3 aromatic rings. The van der Waals surface area contributed by atoms with Gasteiger partial charge >= 0.3 is 0 Å². The van der Waals surface area contributed by atoms with E-state index in [1.54, 1.807) is 0 Å². The molecule has 3 heterocycles. The van der Waals surface area contributed by atoms with E-state index in [0.717, 1.165) is 12.3 Å². The van der Waals surface area contributed by atoms with E-state index < -0.39 is 44.9 Å². The summed E-state index contributed by atoms with van der Waals surface area (Å²) >= 11 is 0. The Morgan fingerprint density at radius 2 is 1.91 bits per heavy atom. The van der Waals surface area contributed by atoms with Gasteiger partial charge in [-0.3, -0.25) is 19.1 Å². The highest BCUT2D eigenvalue weighted by Gasteiger charge is 2.51. The standard InChI is InChI=1S/C22H21F3N6O2S/c1-21(2)20(27)31-22(10-23,11-34(21,32)33)15-6-13(3-4-16(15)24)30-19-18-14(17(25)9-29-19)5-12(7-26)8-28-18/h3-6,8-9,32-33H,10-11H2,1-2H3,(H2,27,31)(H,29,30)/t22-/m0/s1. The lowest BCUT2D eigenvalue weighted by molar-refractivity contribution is 0.312. The van der Waals surface area contributed by atoms with Gasteiger partial charge in [-0.25, -0.2) is 18.2 Å². The van der Waals surface area contributed by atoms with Crippen molar-refractivity contribution in [3.63, 3.8) is 0 Å². The molecule has 1 aromatic carbocycles. The van der Waals surface area contributed by atoms with Gasteiger partial charge in [0.2, 0.25) is 0 Å². The highest BCUT2D eigenvalue weighted by Crippen LogP contribution is 2.59. The van der Waals surface area contributed by atoms with Crippen molar-refractivity contribution in [3.8, 4) is 6.07 Å². The zero-order chi connectivity index (χ0) is 24.9. The molecule has 0 amide bonds. The molecule has 0 aliphatic carbocycles. The van der Waals surface area contributed by atoms with Gasteiger partial charge in [-0.15, -0.1) is 0 Å². The van der Waals surface area contributed by atoms with Crippen LogP contribution in [0.3, 0.4) is 0 Å². The monoisotopic (exact) mass is 490 g/mol. The molecule has 0 radical (unpaired) electrons. The van der Waals surface area contributed by atoms with Gasteiger partial charge in [0, 0.05) is 22.8 Å². The molecule has 2 aromatic heterocycles. The molecule has 0 saturated carbocycles. The predicted octanol–water partition coefficient (Wildman–Crippen LogP) is 4.59. The van der Waals surface area contributed by atoms with E-state index in [2.05, 4.69) is 20.3 Å². The third kappa shape index (κ3) is 3.71. The van der Waals surface area contributed by atoms with E-state index in [9.17, 15) is 22.3 Å². The zero-order valence-electron chi connectivity index (χ0n) is 18.2. The number of nitrogens with zero attached hydrogens (tertiary/aromatic N) is 4. The van der Waals surface area contributed by atoms with Crippen LogP contribution in [-0.4, -0.2) is 42.1 Å². The molecule has 8 nitrogen and oxygen atoms in total. The second-order valence-electron chi connectivity index (χ2n) is 8.49. The first-order chi connectivity index (χ1) is 15.9. The van der Waals surface area contributed by atoms with Crippen LogP contribution in [0.25, 0.3) is 10.9 Å². The second-order valence-corrected chi connectivity index (χ2v) is 11.1. The van der Waals surface area contributed by atoms with Gasteiger partial charge in [0.25, 0.3) is 0 Å². The normalized spacial score (nSPS) is 22.0. The summed E-state index contributed by atoms with van der Waals surface area (Å²) in [5.74, 6) is -2.13. The van der Waals surface area contributed by atoms with E-state index in [4.69, 9.17) is 11.0 Å². The number of hydrogen-bond donors (Lipinski definition) is 4. The number of nitrogens with two attached hydrogens (primary N) is 1. The highest BCUT2D eigenvalue weighted by molar-refractivity contribution is 8.26. The number of aromatic nitrogens is 2. The largest absolute Gasteiger partial charge is 0.386 e. The van der Waals surface area contributed by atoms with Gasteiger partial charge in [0.05, 0.1) is 17.5 Å². The van der Waals surface area contributed by atoms with E-state index in [0.29, 0.717) is 0 Å². The van der Waals surface area contributed by atoms with Crippen molar-refractivity contribution >= 4 is 38.8 Å². The maximum absolute atomic E-state index is 14.9.